The van der Waals surface area contributed by atoms with Gasteiger partial charge in [0, 0.05) is 17.6 Å². The van der Waals surface area contributed by atoms with Crippen LogP contribution in [0.2, 0.25) is 0 Å². The lowest BCUT2D eigenvalue weighted by Crippen LogP contribution is -2.47. The standard InChI is InChI=1S/C16H21FN2O2/c1-16(2,3)15(21)19-10-4-5-13(19)14(20)18-12-8-6-11(17)7-9-12/h6-9,13H,4-5,10H2,1-3H3,(H,18,20). The predicted molar refractivity (Wildman–Crippen MR) is 79.2 cm³/mol. The summed E-state index contributed by atoms with van der Waals surface area (Å²) in [5, 5.41) is 2.75. The Morgan fingerprint density at radius 3 is 2.43 bits per heavy atom. The molecule has 0 bridgehead atoms. The van der Waals surface area contributed by atoms with Crippen molar-refractivity contribution in [1.29, 1.82) is 0 Å². The average Bonchev–Trinajstić information content (AvgIpc) is 2.88. The minimum Gasteiger partial charge on any atom is -0.330 e. The summed E-state index contributed by atoms with van der Waals surface area (Å²) in [6.07, 6.45) is 1.48. The van der Waals surface area contributed by atoms with E-state index in [4.69, 9.17) is 0 Å². The maximum atomic E-state index is 12.9. The van der Waals surface area contributed by atoms with Gasteiger partial charge in [-0.3, -0.25) is 9.59 Å². The number of carbonyl (C=O) groups excluding carboxylic acids is 2. The molecule has 1 aliphatic heterocycles. The van der Waals surface area contributed by atoms with Gasteiger partial charge in [-0.2, -0.15) is 0 Å². The van der Waals surface area contributed by atoms with Crippen molar-refractivity contribution in [1.82, 2.24) is 4.90 Å². The first-order valence-corrected chi connectivity index (χ1v) is 7.16. The van der Waals surface area contributed by atoms with Gasteiger partial charge >= 0.3 is 0 Å². The van der Waals surface area contributed by atoms with Gasteiger partial charge in [0.15, 0.2) is 0 Å². The average molecular weight is 292 g/mol. The molecule has 0 spiro atoms. The van der Waals surface area contributed by atoms with E-state index in [1.165, 1.54) is 24.3 Å². The molecule has 0 saturated carbocycles. The molecule has 21 heavy (non-hydrogen) atoms. The van der Waals surface area contributed by atoms with Gasteiger partial charge in [0.2, 0.25) is 11.8 Å². The molecule has 1 N–H and O–H groups in total. The van der Waals surface area contributed by atoms with Crippen molar-refractivity contribution in [2.24, 2.45) is 5.41 Å². The molecule has 1 saturated heterocycles. The summed E-state index contributed by atoms with van der Waals surface area (Å²) in [5.74, 6) is -0.575. The first-order chi connectivity index (χ1) is 9.79. The zero-order chi connectivity index (χ0) is 15.6. The van der Waals surface area contributed by atoms with E-state index >= 15 is 0 Å². The minimum atomic E-state index is -0.501. The maximum Gasteiger partial charge on any atom is 0.247 e. The van der Waals surface area contributed by atoms with E-state index in [0.717, 1.165) is 6.42 Å². The highest BCUT2D eigenvalue weighted by molar-refractivity contribution is 5.98. The van der Waals surface area contributed by atoms with E-state index in [1.807, 2.05) is 20.8 Å². The quantitative estimate of drug-likeness (QED) is 0.911. The molecule has 1 aliphatic rings. The van der Waals surface area contributed by atoms with Crippen molar-refractivity contribution in [3.8, 4) is 0 Å². The number of anilines is 1. The molecule has 1 aromatic rings. The summed E-state index contributed by atoms with van der Waals surface area (Å²) in [7, 11) is 0. The van der Waals surface area contributed by atoms with E-state index < -0.39 is 11.5 Å². The lowest BCUT2D eigenvalue weighted by atomic mass is 9.94. The molecule has 114 valence electrons. The zero-order valence-electron chi connectivity index (χ0n) is 12.6. The first kappa shape index (κ1) is 15.5. The lowest BCUT2D eigenvalue weighted by molar-refractivity contribution is -0.143. The van der Waals surface area contributed by atoms with Crippen LogP contribution in [0.3, 0.4) is 0 Å². The SMILES string of the molecule is CC(C)(C)C(=O)N1CCCC1C(=O)Nc1ccc(F)cc1. The minimum absolute atomic E-state index is 0.0146. The topological polar surface area (TPSA) is 49.4 Å². The Kier molecular flexibility index (Phi) is 4.30. The molecule has 1 aromatic carbocycles. The number of hydrogen-bond acceptors (Lipinski definition) is 2. The molecule has 0 aromatic heterocycles. The van der Waals surface area contributed by atoms with Crippen molar-refractivity contribution in [3.63, 3.8) is 0 Å². The maximum absolute atomic E-state index is 12.9. The molecular formula is C16H21FN2O2. The van der Waals surface area contributed by atoms with Gasteiger partial charge in [0.05, 0.1) is 0 Å². The summed E-state index contributed by atoms with van der Waals surface area (Å²) in [5.41, 5.74) is 0.0371. The van der Waals surface area contributed by atoms with E-state index in [-0.39, 0.29) is 17.6 Å². The first-order valence-electron chi connectivity index (χ1n) is 7.16. The number of hydrogen-bond donors (Lipinski definition) is 1. The van der Waals surface area contributed by atoms with Crippen LogP contribution in [0.25, 0.3) is 0 Å². The van der Waals surface area contributed by atoms with Crippen LogP contribution in [-0.2, 0) is 9.59 Å². The number of amides is 2. The Bertz CT molecular complexity index is 534. The van der Waals surface area contributed by atoms with Crippen molar-refractivity contribution in [3.05, 3.63) is 30.1 Å². The fourth-order valence-electron chi connectivity index (χ4n) is 2.47. The summed E-state index contributed by atoms with van der Waals surface area (Å²) in [4.78, 5) is 26.4. The second kappa shape index (κ2) is 5.84. The van der Waals surface area contributed by atoms with Crippen LogP contribution in [0.15, 0.2) is 24.3 Å². The van der Waals surface area contributed by atoms with E-state index in [2.05, 4.69) is 5.32 Å². The van der Waals surface area contributed by atoms with Crippen LogP contribution < -0.4 is 5.32 Å². The van der Waals surface area contributed by atoms with Crippen molar-refractivity contribution in [2.45, 2.75) is 39.7 Å². The second-order valence-electron chi connectivity index (χ2n) is 6.40. The molecule has 5 heteroatoms. The molecule has 2 amide bonds. The van der Waals surface area contributed by atoms with E-state index in [9.17, 15) is 14.0 Å². The molecule has 1 unspecified atom stereocenters. The third-order valence-electron chi connectivity index (χ3n) is 3.57. The highest BCUT2D eigenvalue weighted by Gasteiger charge is 2.38. The van der Waals surface area contributed by atoms with Crippen LogP contribution in [0, 0.1) is 11.2 Å². The number of carbonyl (C=O) groups is 2. The van der Waals surface area contributed by atoms with Gasteiger partial charge < -0.3 is 10.2 Å². The van der Waals surface area contributed by atoms with Crippen LogP contribution in [0.1, 0.15) is 33.6 Å². The Labute approximate surface area is 124 Å². The number of rotatable bonds is 2. The summed E-state index contributed by atoms with van der Waals surface area (Å²) in [6.45, 7) is 6.16. The molecule has 0 radical (unpaired) electrons. The molecule has 0 aliphatic carbocycles. The Morgan fingerprint density at radius 1 is 1.24 bits per heavy atom. The van der Waals surface area contributed by atoms with Crippen molar-refractivity contribution >= 4 is 17.5 Å². The summed E-state index contributed by atoms with van der Waals surface area (Å²) >= 11 is 0. The van der Waals surface area contributed by atoms with Gasteiger partial charge in [-0.15, -0.1) is 0 Å². The van der Waals surface area contributed by atoms with Crippen LogP contribution in [-0.4, -0.2) is 29.3 Å². The molecule has 2 rings (SSSR count). The van der Waals surface area contributed by atoms with Crippen LogP contribution in [0.4, 0.5) is 10.1 Å². The Balaban J connectivity index is 2.07. The monoisotopic (exact) mass is 292 g/mol. The normalized spacial score (nSPS) is 18.7. The molecule has 1 heterocycles. The summed E-state index contributed by atoms with van der Waals surface area (Å²) < 4.78 is 12.9. The van der Waals surface area contributed by atoms with E-state index in [1.54, 1.807) is 4.90 Å². The van der Waals surface area contributed by atoms with Gasteiger partial charge in [-0.1, -0.05) is 20.8 Å². The Hall–Kier alpha value is -1.91. The zero-order valence-corrected chi connectivity index (χ0v) is 12.6. The largest absolute Gasteiger partial charge is 0.330 e. The fourth-order valence-corrected chi connectivity index (χ4v) is 2.47. The molecule has 4 nitrogen and oxygen atoms in total. The lowest BCUT2D eigenvalue weighted by Gasteiger charge is -2.30. The third-order valence-corrected chi connectivity index (χ3v) is 3.57. The number of benzene rings is 1. The Morgan fingerprint density at radius 2 is 1.86 bits per heavy atom. The van der Waals surface area contributed by atoms with Gasteiger partial charge in [0.1, 0.15) is 11.9 Å². The van der Waals surface area contributed by atoms with Crippen molar-refractivity contribution in [2.75, 3.05) is 11.9 Å². The van der Waals surface area contributed by atoms with Gasteiger partial charge in [-0.05, 0) is 37.1 Å². The van der Waals surface area contributed by atoms with Crippen LogP contribution in [0.5, 0.6) is 0 Å². The van der Waals surface area contributed by atoms with E-state index in [0.29, 0.717) is 18.7 Å². The van der Waals surface area contributed by atoms with Crippen LogP contribution >= 0.6 is 0 Å². The molecule has 1 atom stereocenters. The number of nitrogens with zero attached hydrogens (tertiary/aromatic N) is 1. The number of likely N-dealkylation sites (tertiary alicyclic amines) is 1. The molecular weight excluding hydrogens is 271 g/mol. The smallest absolute Gasteiger partial charge is 0.247 e. The van der Waals surface area contributed by atoms with Gasteiger partial charge in [-0.25, -0.2) is 4.39 Å². The summed E-state index contributed by atoms with van der Waals surface area (Å²) in [6, 6.07) is 5.17. The number of halogens is 1. The highest BCUT2D eigenvalue weighted by Crippen LogP contribution is 2.26. The second-order valence-corrected chi connectivity index (χ2v) is 6.40. The third kappa shape index (κ3) is 3.60. The van der Waals surface area contributed by atoms with Crippen molar-refractivity contribution < 1.29 is 14.0 Å². The predicted octanol–water partition coefficient (Wildman–Crippen LogP) is 2.80. The number of nitrogens with one attached hydrogen (secondary N) is 1. The highest BCUT2D eigenvalue weighted by atomic mass is 19.1. The molecule has 1 fully saturated rings. The fraction of sp³-hybridized carbons (Fsp3) is 0.500. The van der Waals surface area contributed by atoms with Gasteiger partial charge in [0.25, 0.3) is 0 Å².